The second kappa shape index (κ2) is 6.76. The first-order valence-corrected chi connectivity index (χ1v) is 9.36. The molecule has 0 saturated carbocycles. The van der Waals surface area contributed by atoms with Crippen molar-refractivity contribution in [3.63, 3.8) is 0 Å². The van der Waals surface area contributed by atoms with Gasteiger partial charge in [0, 0.05) is 21.8 Å². The highest BCUT2D eigenvalue weighted by Gasteiger charge is 2.18. The van der Waals surface area contributed by atoms with Gasteiger partial charge >= 0.3 is 5.69 Å². The number of H-pyrrole nitrogens is 1. The first-order chi connectivity index (χ1) is 13.3. The molecule has 0 atom stereocenters. The maximum Gasteiger partial charge on any atom is 0.335 e. The molecule has 4 rings (SSSR count). The lowest BCUT2D eigenvalue weighted by Gasteiger charge is -2.12. The number of allylic oxidation sites excluding steroid dienone is 1. The van der Waals surface area contributed by atoms with Gasteiger partial charge in [0.1, 0.15) is 5.56 Å². The second-order valence-corrected chi connectivity index (χ2v) is 7.54. The Balaban J connectivity index is 1.92. The minimum Gasteiger partial charge on any atom is -0.494 e. The number of hydrogen-bond donors (Lipinski definition) is 2. The molecule has 1 aliphatic rings. The third-order valence-electron chi connectivity index (χ3n) is 4.78. The average Bonchev–Trinajstić information content (AvgIpc) is 3.03. The molecule has 2 aromatic carbocycles. The average molecular weight is 438 g/mol. The number of aliphatic imine (C=N–C) groups is 1. The number of nitrogens with one attached hydrogen (secondary N) is 1. The number of rotatable bonds is 2. The zero-order chi connectivity index (χ0) is 20.0. The van der Waals surface area contributed by atoms with E-state index in [-0.39, 0.29) is 5.56 Å². The van der Waals surface area contributed by atoms with Crippen molar-refractivity contribution in [2.24, 2.45) is 4.99 Å². The zero-order valence-electron chi connectivity index (χ0n) is 15.2. The van der Waals surface area contributed by atoms with Crippen LogP contribution in [0.2, 0.25) is 0 Å². The Labute approximate surface area is 168 Å². The van der Waals surface area contributed by atoms with Crippen LogP contribution in [0, 0.1) is 13.8 Å². The fourth-order valence-corrected chi connectivity index (χ4v) is 3.47. The summed E-state index contributed by atoms with van der Waals surface area (Å²) in [5.74, 6) is -0.415. The van der Waals surface area contributed by atoms with Gasteiger partial charge in [-0.2, -0.15) is 0 Å². The number of aromatic hydroxyl groups is 1. The summed E-state index contributed by atoms with van der Waals surface area (Å²) in [4.78, 5) is 31.4. The largest absolute Gasteiger partial charge is 0.494 e. The van der Waals surface area contributed by atoms with Crippen molar-refractivity contribution in [2.75, 3.05) is 0 Å². The van der Waals surface area contributed by atoms with Crippen LogP contribution in [-0.4, -0.2) is 20.9 Å². The van der Waals surface area contributed by atoms with E-state index < -0.39 is 17.1 Å². The van der Waals surface area contributed by atoms with Gasteiger partial charge in [-0.25, -0.2) is 9.36 Å². The lowest BCUT2D eigenvalue weighted by Crippen LogP contribution is -2.30. The van der Waals surface area contributed by atoms with Crippen molar-refractivity contribution in [2.45, 2.75) is 13.8 Å². The van der Waals surface area contributed by atoms with Gasteiger partial charge in [0.2, 0.25) is 5.88 Å². The first kappa shape index (κ1) is 18.2. The molecule has 0 radical (unpaired) electrons. The molecule has 0 saturated heterocycles. The highest BCUT2D eigenvalue weighted by molar-refractivity contribution is 9.10. The Bertz CT molecular complexity index is 1300. The van der Waals surface area contributed by atoms with Crippen LogP contribution in [0.3, 0.4) is 0 Å². The highest BCUT2D eigenvalue weighted by atomic mass is 79.9. The summed E-state index contributed by atoms with van der Waals surface area (Å²) in [6, 6.07) is 11.0. The molecule has 0 bridgehead atoms. The van der Waals surface area contributed by atoms with Gasteiger partial charge < -0.3 is 5.11 Å². The van der Waals surface area contributed by atoms with Crippen LogP contribution in [0.4, 0.5) is 5.69 Å². The van der Waals surface area contributed by atoms with E-state index in [1.807, 2.05) is 38.1 Å². The molecular formula is C21H16BrN3O3. The summed E-state index contributed by atoms with van der Waals surface area (Å²) in [5, 5.41) is 10.8. The number of aryl methyl sites for hydroxylation is 2. The van der Waals surface area contributed by atoms with Crippen molar-refractivity contribution in [3.8, 4) is 11.6 Å². The number of benzene rings is 2. The van der Waals surface area contributed by atoms with Gasteiger partial charge in [0.05, 0.1) is 11.4 Å². The summed E-state index contributed by atoms with van der Waals surface area (Å²) in [6.07, 6.45) is 3.16. The molecule has 1 aromatic heterocycles. The molecule has 2 heterocycles. The quantitative estimate of drug-likeness (QED) is 0.637. The predicted octanol–water partition coefficient (Wildman–Crippen LogP) is 3.87. The Hall–Kier alpha value is -3.19. The van der Waals surface area contributed by atoms with Gasteiger partial charge in [-0.3, -0.25) is 14.8 Å². The molecule has 3 aromatic rings. The van der Waals surface area contributed by atoms with Crippen molar-refractivity contribution < 1.29 is 5.11 Å². The number of aromatic amines is 1. The van der Waals surface area contributed by atoms with Gasteiger partial charge in [-0.1, -0.05) is 22.0 Å². The Morgan fingerprint density at radius 2 is 1.89 bits per heavy atom. The van der Waals surface area contributed by atoms with Crippen LogP contribution in [0.15, 0.2) is 55.5 Å². The van der Waals surface area contributed by atoms with E-state index in [1.165, 1.54) is 6.08 Å². The molecule has 6 nitrogen and oxygen atoms in total. The molecule has 0 aliphatic carbocycles. The smallest absolute Gasteiger partial charge is 0.335 e. The third kappa shape index (κ3) is 3.03. The molecule has 0 fully saturated rings. The van der Waals surface area contributed by atoms with Gasteiger partial charge in [-0.15, -0.1) is 0 Å². The number of fused-ring (bicyclic) bond motifs is 1. The van der Waals surface area contributed by atoms with Crippen LogP contribution in [-0.2, 0) is 0 Å². The molecular weight excluding hydrogens is 422 g/mol. The molecule has 0 spiro atoms. The topological polar surface area (TPSA) is 87.4 Å². The molecule has 0 amide bonds. The SMILES string of the molecule is Cc1ccc(-n2c(O)c(/C=C3/C=Nc4ccc(Br)cc43)c(=O)[nH]c2=O)cc1C. The summed E-state index contributed by atoms with van der Waals surface area (Å²) in [5.41, 5.74) is 3.41. The fourth-order valence-electron chi connectivity index (χ4n) is 3.10. The maximum atomic E-state index is 12.4. The van der Waals surface area contributed by atoms with Crippen LogP contribution < -0.4 is 11.2 Å². The van der Waals surface area contributed by atoms with Crippen molar-refractivity contribution in [1.29, 1.82) is 0 Å². The summed E-state index contributed by atoms with van der Waals surface area (Å²) in [7, 11) is 0. The normalized spacial score (nSPS) is 13.9. The van der Waals surface area contributed by atoms with E-state index >= 15 is 0 Å². The number of hydrogen-bond acceptors (Lipinski definition) is 4. The number of halogens is 1. The van der Waals surface area contributed by atoms with Crippen molar-refractivity contribution >= 4 is 39.5 Å². The standard InChI is InChI=1S/C21H16BrN3O3/c1-11-3-5-15(7-12(11)2)25-20(27)17(19(26)24-21(25)28)8-13-10-23-18-6-4-14(22)9-16(13)18/h3-10,27H,1-2H3,(H,24,26,28)/b13-8-. The van der Waals surface area contributed by atoms with Crippen LogP contribution in [0.5, 0.6) is 5.88 Å². The minimum atomic E-state index is -0.698. The fraction of sp³-hybridized carbons (Fsp3) is 0.0952. The van der Waals surface area contributed by atoms with E-state index in [1.54, 1.807) is 18.3 Å². The maximum absolute atomic E-state index is 12.4. The predicted molar refractivity (Wildman–Crippen MR) is 114 cm³/mol. The summed E-state index contributed by atoms with van der Waals surface area (Å²) < 4.78 is 1.97. The van der Waals surface area contributed by atoms with Gasteiger partial charge in [0.25, 0.3) is 5.56 Å². The molecule has 140 valence electrons. The second-order valence-electron chi connectivity index (χ2n) is 6.62. The van der Waals surface area contributed by atoms with E-state index in [2.05, 4.69) is 25.9 Å². The third-order valence-corrected chi connectivity index (χ3v) is 5.27. The molecule has 0 unspecified atom stereocenters. The van der Waals surface area contributed by atoms with E-state index in [4.69, 9.17) is 0 Å². The van der Waals surface area contributed by atoms with E-state index in [9.17, 15) is 14.7 Å². The Morgan fingerprint density at radius 3 is 2.64 bits per heavy atom. The van der Waals surface area contributed by atoms with Gasteiger partial charge in [-0.05, 0) is 61.4 Å². The minimum absolute atomic E-state index is 0.00731. The first-order valence-electron chi connectivity index (χ1n) is 8.57. The Morgan fingerprint density at radius 1 is 1.11 bits per heavy atom. The van der Waals surface area contributed by atoms with Crippen LogP contribution >= 0.6 is 15.9 Å². The van der Waals surface area contributed by atoms with Gasteiger partial charge in [0.15, 0.2) is 0 Å². The van der Waals surface area contributed by atoms with Crippen LogP contribution in [0.1, 0.15) is 22.3 Å². The molecule has 28 heavy (non-hydrogen) atoms. The Kier molecular flexibility index (Phi) is 4.39. The monoisotopic (exact) mass is 437 g/mol. The lowest BCUT2D eigenvalue weighted by atomic mass is 10.1. The summed E-state index contributed by atoms with van der Waals surface area (Å²) >= 11 is 3.43. The van der Waals surface area contributed by atoms with Crippen molar-refractivity contribution in [1.82, 2.24) is 9.55 Å². The number of aromatic nitrogens is 2. The lowest BCUT2D eigenvalue weighted by molar-refractivity contribution is 0.429. The molecule has 7 heteroatoms. The van der Waals surface area contributed by atoms with Crippen molar-refractivity contribution in [3.05, 3.63) is 84.0 Å². The molecule has 1 aliphatic heterocycles. The summed E-state index contributed by atoms with van der Waals surface area (Å²) in [6.45, 7) is 3.87. The van der Waals surface area contributed by atoms with Crippen LogP contribution in [0.25, 0.3) is 17.3 Å². The zero-order valence-corrected chi connectivity index (χ0v) is 16.7. The molecule has 2 N–H and O–H groups in total. The van der Waals surface area contributed by atoms with E-state index in [0.29, 0.717) is 11.3 Å². The number of nitrogens with zero attached hydrogens (tertiary/aromatic N) is 2. The highest BCUT2D eigenvalue weighted by Crippen LogP contribution is 2.35. The van der Waals surface area contributed by atoms with E-state index in [0.717, 1.165) is 31.4 Å².